The quantitative estimate of drug-likeness (QED) is 0.388. The number of nitrogens with zero attached hydrogens (tertiary/aromatic N) is 1. The van der Waals surface area contributed by atoms with E-state index in [2.05, 4.69) is 47.3 Å². The summed E-state index contributed by atoms with van der Waals surface area (Å²) in [6.07, 6.45) is 3.30. The summed E-state index contributed by atoms with van der Waals surface area (Å²) in [5, 5.41) is 11.9. The molecule has 1 fully saturated rings. The fraction of sp³-hybridized carbons (Fsp3) is 0.500. The Balaban J connectivity index is 1.51. The Bertz CT molecular complexity index is 832. The highest BCUT2D eigenvalue weighted by molar-refractivity contribution is 7.09. The lowest BCUT2D eigenvalue weighted by Crippen LogP contribution is -2.39. The number of thiophene rings is 1. The van der Waals surface area contributed by atoms with Crippen LogP contribution < -0.4 is 16.0 Å². The second kappa shape index (κ2) is 12.5. The number of guanidine groups is 1. The molecule has 0 spiro atoms. The molecule has 0 saturated carbocycles. The molecule has 1 aromatic carbocycles. The van der Waals surface area contributed by atoms with Crippen molar-refractivity contribution in [2.24, 2.45) is 10.9 Å². The van der Waals surface area contributed by atoms with Crippen LogP contribution in [0.15, 0.2) is 46.8 Å². The van der Waals surface area contributed by atoms with Gasteiger partial charge in [0.05, 0.1) is 12.6 Å². The van der Waals surface area contributed by atoms with Crippen molar-refractivity contribution in [1.82, 2.24) is 16.0 Å². The van der Waals surface area contributed by atoms with Crippen LogP contribution in [0.3, 0.4) is 0 Å². The molecule has 1 amide bonds. The summed E-state index contributed by atoms with van der Waals surface area (Å²) in [7, 11) is 0. The van der Waals surface area contributed by atoms with Crippen molar-refractivity contribution < 1.29 is 9.53 Å². The Morgan fingerprint density at radius 3 is 2.90 bits per heavy atom. The van der Waals surface area contributed by atoms with E-state index < -0.39 is 0 Å². The van der Waals surface area contributed by atoms with Crippen molar-refractivity contribution in [3.8, 4) is 0 Å². The van der Waals surface area contributed by atoms with E-state index in [1.807, 2.05) is 24.3 Å². The van der Waals surface area contributed by atoms with Gasteiger partial charge in [-0.3, -0.25) is 4.79 Å². The Morgan fingerprint density at radius 2 is 2.16 bits per heavy atom. The zero-order valence-corrected chi connectivity index (χ0v) is 19.3. The third-order valence-electron chi connectivity index (χ3n) is 5.22. The van der Waals surface area contributed by atoms with Crippen LogP contribution in [0.1, 0.15) is 47.5 Å². The van der Waals surface area contributed by atoms with Gasteiger partial charge in [-0.15, -0.1) is 11.3 Å². The number of amides is 1. The first-order valence-corrected chi connectivity index (χ1v) is 12.0. The van der Waals surface area contributed by atoms with Crippen molar-refractivity contribution in [3.05, 3.63) is 57.8 Å². The number of hydrogen-bond donors (Lipinski definition) is 3. The highest BCUT2D eigenvalue weighted by Crippen LogP contribution is 2.14. The Labute approximate surface area is 189 Å². The molecule has 2 unspecified atom stereocenters. The maximum absolute atomic E-state index is 12.5. The van der Waals surface area contributed by atoms with E-state index in [9.17, 15) is 4.79 Å². The molecule has 168 valence electrons. The van der Waals surface area contributed by atoms with E-state index in [-0.39, 0.29) is 12.0 Å². The molecule has 1 saturated heterocycles. The van der Waals surface area contributed by atoms with E-state index in [1.54, 1.807) is 11.3 Å². The van der Waals surface area contributed by atoms with Crippen molar-refractivity contribution in [2.45, 2.75) is 45.8 Å². The zero-order valence-electron chi connectivity index (χ0n) is 18.5. The van der Waals surface area contributed by atoms with Crippen molar-refractivity contribution >= 4 is 23.2 Å². The van der Waals surface area contributed by atoms with Crippen LogP contribution in [-0.2, 0) is 17.7 Å². The minimum atomic E-state index is -0.0613. The number of carbonyl (C=O) groups excluding carboxylic acids is 1. The van der Waals surface area contributed by atoms with Crippen LogP contribution in [0.25, 0.3) is 0 Å². The summed E-state index contributed by atoms with van der Waals surface area (Å²) in [5.41, 5.74) is 1.67. The first-order chi connectivity index (χ1) is 15.1. The largest absolute Gasteiger partial charge is 0.376 e. The van der Waals surface area contributed by atoms with Crippen LogP contribution in [-0.4, -0.2) is 44.2 Å². The number of hydrogen-bond acceptors (Lipinski definition) is 4. The van der Waals surface area contributed by atoms with Crippen LogP contribution in [0.2, 0.25) is 0 Å². The second-order valence-electron chi connectivity index (χ2n) is 8.01. The first kappa shape index (κ1) is 23.3. The Kier molecular flexibility index (Phi) is 9.37. The van der Waals surface area contributed by atoms with Gasteiger partial charge in [0, 0.05) is 36.7 Å². The van der Waals surface area contributed by atoms with Gasteiger partial charge >= 0.3 is 0 Å². The fourth-order valence-corrected chi connectivity index (χ4v) is 4.42. The van der Waals surface area contributed by atoms with Crippen molar-refractivity contribution in [3.63, 3.8) is 0 Å². The van der Waals surface area contributed by atoms with Gasteiger partial charge in [-0.25, -0.2) is 4.99 Å². The summed E-state index contributed by atoms with van der Waals surface area (Å²) < 4.78 is 5.57. The maximum atomic E-state index is 12.5. The molecule has 31 heavy (non-hydrogen) atoms. The lowest BCUT2D eigenvalue weighted by Gasteiger charge is -2.15. The van der Waals surface area contributed by atoms with E-state index >= 15 is 0 Å². The number of carbonyl (C=O) groups is 1. The van der Waals surface area contributed by atoms with E-state index in [1.165, 1.54) is 4.88 Å². The molecule has 6 nitrogen and oxygen atoms in total. The molecule has 3 N–H and O–H groups in total. The van der Waals surface area contributed by atoms with Gasteiger partial charge in [-0.1, -0.05) is 25.1 Å². The topological polar surface area (TPSA) is 74.8 Å². The molecule has 0 bridgehead atoms. The summed E-state index contributed by atoms with van der Waals surface area (Å²) in [6.45, 7) is 7.84. The van der Waals surface area contributed by atoms with Gasteiger partial charge in [0.15, 0.2) is 5.96 Å². The normalized spacial score (nSPS) is 17.4. The number of benzene rings is 1. The molecule has 0 aliphatic carbocycles. The summed E-state index contributed by atoms with van der Waals surface area (Å²) in [5.74, 6) is 1.25. The lowest BCUT2D eigenvalue weighted by atomic mass is 10.1. The summed E-state index contributed by atoms with van der Waals surface area (Å²) in [4.78, 5) is 18.6. The van der Waals surface area contributed by atoms with Gasteiger partial charge in [0.2, 0.25) is 0 Å². The third kappa shape index (κ3) is 7.99. The molecule has 2 aromatic rings. The standard InChI is InChI=1S/C24H34N4O2S/c1-3-25-24(27-15-18(2)13-22-10-6-12-31-22)28-16-19-7-4-8-20(14-19)23(29)26-17-21-9-5-11-30-21/h4,6-8,10,12,14,18,21H,3,5,9,11,13,15-17H2,1-2H3,(H,26,29)(H2,25,27,28). The minimum absolute atomic E-state index is 0.0613. The van der Waals surface area contributed by atoms with Crippen molar-refractivity contribution in [1.29, 1.82) is 0 Å². The van der Waals surface area contributed by atoms with Crippen LogP contribution in [0.5, 0.6) is 0 Å². The Hall–Kier alpha value is -2.38. The second-order valence-corrected chi connectivity index (χ2v) is 9.04. The SMILES string of the molecule is CCNC(=NCc1cccc(C(=O)NCC2CCCO2)c1)NCC(C)Cc1cccs1. The molecule has 2 heterocycles. The van der Waals surface area contributed by atoms with Crippen LogP contribution >= 0.6 is 11.3 Å². The molecule has 3 rings (SSSR count). The van der Waals surface area contributed by atoms with Gasteiger partial charge < -0.3 is 20.7 Å². The summed E-state index contributed by atoms with van der Waals surface area (Å²) in [6, 6.07) is 12.0. The molecule has 2 atom stereocenters. The molecule has 0 radical (unpaired) electrons. The molecular weight excluding hydrogens is 408 g/mol. The van der Waals surface area contributed by atoms with E-state index in [0.29, 0.717) is 24.6 Å². The molecule has 1 aliphatic heterocycles. The Morgan fingerprint density at radius 1 is 1.26 bits per heavy atom. The highest BCUT2D eigenvalue weighted by atomic mass is 32.1. The average molecular weight is 443 g/mol. The number of nitrogens with one attached hydrogen (secondary N) is 3. The van der Waals surface area contributed by atoms with E-state index in [4.69, 9.17) is 9.73 Å². The fourth-order valence-electron chi connectivity index (χ4n) is 3.55. The number of aliphatic imine (C=N–C) groups is 1. The predicted octanol–water partition coefficient (Wildman–Crippen LogP) is 3.59. The first-order valence-electron chi connectivity index (χ1n) is 11.2. The average Bonchev–Trinajstić information content (AvgIpc) is 3.48. The van der Waals surface area contributed by atoms with Crippen LogP contribution in [0, 0.1) is 5.92 Å². The van der Waals surface area contributed by atoms with Gasteiger partial charge in [0.1, 0.15) is 0 Å². The number of rotatable bonds is 10. The molecule has 1 aromatic heterocycles. The maximum Gasteiger partial charge on any atom is 0.251 e. The zero-order chi connectivity index (χ0) is 21.9. The van der Waals surface area contributed by atoms with Crippen LogP contribution in [0.4, 0.5) is 0 Å². The molecule has 7 heteroatoms. The van der Waals surface area contributed by atoms with Gasteiger partial charge in [-0.2, -0.15) is 0 Å². The lowest BCUT2D eigenvalue weighted by molar-refractivity contribution is 0.0857. The molecular formula is C24H34N4O2S. The third-order valence-corrected chi connectivity index (χ3v) is 6.11. The highest BCUT2D eigenvalue weighted by Gasteiger charge is 2.16. The minimum Gasteiger partial charge on any atom is -0.376 e. The van der Waals surface area contributed by atoms with E-state index in [0.717, 1.165) is 50.5 Å². The smallest absolute Gasteiger partial charge is 0.251 e. The predicted molar refractivity (Wildman–Crippen MR) is 128 cm³/mol. The van der Waals surface area contributed by atoms with Crippen molar-refractivity contribution in [2.75, 3.05) is 26.2 Å². The van der Waals surface area contributed by atoms with Gasteiger partial charge in [-0.05, 0) is 61.2 Å². The number of ether oxygens (including phenoxy) is 1. The summed E-state index contributed by atoms with van der Waals surface area (Å²) >= 11 is 1.80. The molecule has 1 aliphatic rings. The van der Waals surface area contributed by atoms with Gasteiger partial charge in [0.25, 0.3) is 5.91 Å². The monoisotopic (exact) mass is 442 g/mol.